The van der Waals surface area contributed by atoms with Crippen LogP contribution in [0.3, 0.4) is 0 Å². The van der Waals surface area contributed by atoms with Crippen molar-refractivity contribution in [2.45, 2.75) is 56.5 Å². The first-order valence-electron chi connectivity index (χ1n) is 6.70. The number of rotatable bonds is 0. The summed E-state index contributed by atoms with van der Waals surface area (Å²) in [5.74, 6) is 0.0243. The van der Waals surface area contributed by atoms with E-state index in [1.165, 1.54) is 0 Å². The van der Waals surface area contributed by atoms with Gasteiger partial charge in [0.05, 0.1) is 6.04 Å². The lowest BCUT2D eigenvalue weighted by molar-refractivity contribution is 0.0205. The molecule has 108 valence electrons. The minimum atomic E-state index is -3.26. The van der Waals surface area contributed by atoms with Crippen molar-refractivity contribution < 1.29 is 17.9 Å². The van der Waals surface area contributed by atoms with E-state index < -0.39 is 20.9 Å². The Morgan fingerprint density at radius 3 is 2.47 bits per heavy atom. The summed E-state index contributed by atoms with van der Waals surface area (Å²) in [6, 6.07) is -0.209. The van der Waals surface area contributed by atoms with Crippen molar-refractivity contribution in [2.24, 2.45) is 5.92 Å². The van der Waals surface area contributed by atoms with Gasteiger partial charge in [-0.15, -0.1) is 0 Å². The van der Waals surface area contributed by atoms with E-state index in [0.717, 1.165) is 12.8 Å². The molecule has 2 bridgehead atoms. The summed E-state index contributed by atoms with van der Waals surface area (Å²) < 4.78 is 32.0. The maximum Gasteiger partial charge on any atom is 0.410 e. The van der Waals surface area contributed by atoms with Crippen LogP contribution in [0.5, 0.6) is 0 Å². The van der Waals surface area contributed by atoms with Crippen LogP contribution in [0.2, 0.25) is 0 Å². The Morgan fingerprint density at radius 2 is 1.89 bits per heavy atom. The molecule has 0 aromatic rings. The van der Waals surface area contributed by atoms with Crippen LogP contribution in [0.1, 0.15) is 33.6 Å². The molecule has 3 saturated heterocycles. The van der Waals surface area contributed by atoms with Gasteiger partial charge in [0.15, 0.2) is 0 Å². The highest BCUT2D eigenvalue weighted by Gasteiger charge is 2.62. The van der Waals surface area contributed by atoms with Gasteiger partial charge in [0, 0.05) is 18.5 Å². The zero-order valence-corrected chi connectivity index (χ0v) is 12.2. The third-order valence-electron chi connectivity index (χ3n) is 4.25. The number of amides is 1. The molecule has 1 amide bonds. The van der Waals surface area contributed by atoms with Crippen LogP contribution >= 0.6 is 0 Å². The zero-order chi connectivity index (χ0) is 14.0. The van der Waals surface area contributed by atoms with E-state index in [-0.39, 0.29) is 24.1 Å². The van der Waals surface area contributed by atoms with Crippen molar-refractivity contribution in [1.29, 1.82) is 0 Å². The molecule has 0 aliphatic carbocycles. The number of ether oxygens (including phenoxy) is 1. The van der Waals surface area contributed by atoms with Gasteiger partial charge in [0.2, 0.25) is 10.0 Å². The zero-order valence-electron chi connectivity index (χ0n) is 11.4. The van der Waals surface area contributed by atoms with E-state index in [0.29, 0.717) is 6.54 Å². The second-order valence-electron chi connectivity index (χ2n) is 6.62. The van der Waals surface area contributed by atoms with Crippen molar-refractivity contribution in [2.75, 3.05) is 6.54 Å². The summed E-state index contributed by atoms with van der Waals surface area (Å²) >= 11 is 0. The monoisotopic (exact) mass is 288 g/mol. The van der Waals surface area contributed by atoms with E-state index in [1.54, 1.807) is 4.90 Å². The number of fused-ring (bicyclic) bond motifs is 5. The minimum absolute atomic E-state index is 0.00891. The van der Waals surface area contributed by atoms with Gasteiger partial charge in [-0.25, -0.2) is 17.9 Å². The van der Waals surface area contributed by atoms with Crippen LogP contribution in [0, 0.1) is 5.92 Å². The average Bonchev–Trinajstić information content (AvgIpc) is 2.85. The molecule has 1 N–H and O–H groups in total. The van der Waals surface area contributed by atoms with E-state index >= 15 is 0 Å². The van der Waals surface area contributed by atoms with Gasteiger partial charge >= 0.3 is 6.09 Å². The van der Waals surface area contributed by atoms with Crippen LogP contribution < -0.4 is 4.72 Å². The molecule has 19 heavy (non-hydrogen) atoms. The van der Waals surface area contributed by atoms with E-state index in [4.69, 9.17) is 4.74 Å². The van der Waals surface area contributed by atoms with Crippen LogP contribution in [0.4, 0.5) is 4.79 Å². The molecule has 0 radical (unpaired) electrons. The first kappa shape index (κ1) is 13.2. The summed E-state index contributed by atoms with van der Waals surface area (Å²) in [6.07, 6.45) is 1.26. The van der Waals surface area contributed by atoms with Gasteiger partial charge < -0.3 is 9.64 Å². The molecule has 3 aliphatic rings. The van der Waals surface area contributed by atoms with Crippen LogP contribution in [0.25, 0.3) is 0 Å². The van der Waals surface area contributed by atoms with E-state index in [9.17, 15) is 13.2 Å². The van der Waals surface area contributed by atoms with Gasteiger partial charge in [-0.05, 0) is 33.6 Å². The molecule has 3 heterocycles. The fourth-order valence-electron chi connectivity index (χ4n) is 3.70. The molecule has 4 atom stereocenters. The maximum atomic E-state index is 12.3. The van der Waals surface area contributed by atoms with E-state index in [2.05, 4.69) is 4.72 Å². The van der Waals surface area contributed by atoms with Gasteiger partial charge in [0.1, 0.15) is 10.9 Å². The first-order chi connectivity index (χ1) is 8.71. The second-order valence-corrected chi connectivity index (χ2v) is 8.54. The van der Waals surface area contributed by atoms with Crippen LogP contribution in [0.15, 0.2) is 0 Å². The second kappa shape index (κ2) is 3.85. The molecule has 0 aromatic carbocycles. The number of carbonyl (C=O) groups excluding carboxylic acids is 1. The smallest absolute Gasteiger partial charge is 0.410 e. The maximum absolute atomic E-state index is 12.3. The lowest BCUT2D eigenvalue weighted by atomic mass is 9.89. The van der Waals surface area contributed by atoms with Gasteiger partial charge in [-0.3, -0.25) is 0 Å². The lowest BCUT2D eigenvalue weighted by Crippen LogP contribution is -2.44. The Morgan fingerprint density at radius 1 is 1.26 bits per heavy atom. The molecule has 3 aliphatic heterocycles. The molecule has 3 rings (SSSR count). The molecule has 0 aromatic heterocycles. The molecule has 6 nitrogen and oxygen atoms in total. The Kier molecular flexibility index (Phi) is 2.67. The lowest BCUT2D eigenvalue weighted by Gasteiger charge is -2.28. The summed E-state index contributed by atoms with van der Waals surface area (Å²) in [4.78, 5) is 13.9. The molecule has 0 spiro atoms. The molecule has 7 heteroatoms. The summed E-state index contributed by atoms with van der Waals surface area (Å²) in [6.45, 7) is 5.92. The minimum Gasteiger partial charge on any atom is -0.444 e. The van der Waals surface area contributed by atoms with Gasteiger partial charge in [-0.2, -0.15) is 0 Å². The van der Waals surface area contributed by atoms with Crippen molar-refractivity contribution in [1.82, 2.24) is 9.62 Å². The summed E-state index contributed by atoms with van der Waals surface area (Å²) in [5, 5.41) is -0.446. The fourth-order valence-corrected chi connectivity index (χ4v) is 5.73. The number of sulfonamides is 1. The molecular weight excluding hydrogens is 268 g/mol. The summed E-state index contributed by atoms with van der Waals surface area (Å²) in [7, 11) is -3.26. The fraction of sp³-hybridized carbons (Fsp3) is 0.917. The highest BCUT2D eigenvalue weighted by atomic mass is 32.2. The van der Waals surface area contributed by atoms with Crippen LogP contribution in [-0.2, 0) is 14.8 Å². The van der Waals surface area contributed by atoms with Crippen molar-refractivity contribution in [3.63, 3.8) is 0 Å². The topological polar surface area (TPSA) is 75.7 Å². The average molecular weight is 288 g/mol. The van der Waals surface area contributed by atoms with Crippen molar-refractivity contribution in [3.8, 4) is 0 Å². The number of hydrogen-bond acceptors (Lipinski definition) is 4. The molecule has 0 saturated carbocycles. The first-order valence-corrected chi connectivity index (χ1v) is 8.25. The van der Waals surface area contributed by atoms with Gasteiger partial charge in [-0.1, -0.05) is 0 Å². The predicted molar refractivity (Wildman–Crippen MR) is 69.1 cm³/mol. The Bertz CT molecular complexity index is 510. The number of nitrogens with zero attached hydrogens (tertiary/aromatic N) is 1. The quantitative estimate of drug-likeness (QED) is 0.711. The van der Waals surface area contributed by atoms with Crippen molar-refractivity contribution in [3.05, 3.63) is 0 Å². The SMILES string of the molecule is CC(C)(C)OC(=O)N1[C@@H]2CC[C@H]1C1CNS(=O)(=O)C12. The number of carbonyl (C=O) groups is 1. The third-order valence-corrected chi connectivity index (χ3v) is 6.20. The Balaban J connectivity index is 1.85. The molecule has 3 fully saturated rings. The van der Waals surface area contributed by atoms with Crippen molar-refractivity contribution >= 4 is 16.1 Å². The Hall–Kier alpha value is -0.820. The highest BCUT2D eigenvalue weighted by molar-refractivity contribution is 7.90. The highest BCUT2D eigenvalue weighted by Crippen LogP contribution is 2.47. The number of hydrogen-bond donors (Lipinski definition) is 1. The van der Waals surface area contributed by atoms with Gasteiger partial charge in [0.25, 0.3) is 0 Å². The Labute approximate surface area is 113 Å². The predicted octanol–water partition coefficient (Wildman–Crippen LogP) is 0.686. The molecule has 2 unspecified atom stereocenters. The molecular formula is C12H20N2O4S. The number of nitrogens with one attached hydrogen (secondary N) is 1. The summed E-state index contributed by atoms with van der Waals surface area (Å²) in [5.41, 5.74) is -0.550. The van der Waals surface area contributed by atoms with Crippen LogP contribution in [-0.4, -0.2) is 48.9 Å². The third kappa shape index (κ3) is 1.94. The largest absolute Gasteiger partial charge is 0.444 e. The standard InChI is InChI=1S/C12H20N2O4S/c1-12(2,3)18-11(15)14-8-4-5-9(14)10-7(8)6-13-19(10,16)17/h7-10,13H,4-6H2,1-3H3/t7?,8-,9+,10?/m0/s1. The van der Waals surface area contributed by atoms with E-state index in [1.807, 2.05) is 20.8 Å². The normalized spacial score (nSPS) is 39.4.